The van der Waals surface area contributed by atoms with Gasteiger partial charge in [0.05, 0.1) is 0 Å². The van der Waals surface area contributed by atoms with Crippen molar-refractivity contribution >= 4 is 41.4 Å². The molecule has 0 N–H and O–H groups in total. The quantitative estimate of drug-likeness (QED) is 0.176. The smallest absolute Gasteiger partial charge is 0.0490 e. The fourth-order valence-corrected chi connectivity index (χ4v) is 4.51. The molecule has 0 amide bonds. The number of benzene rings is 5. The highest BCUT2D eigenvalue weighted by Gasteiger charge is 2.14. The molecule has 5 aromatic carbocycles. The van der Waals surface area contributed by atoms with E-state index in [4.69, 9.17) is 0 Å². The molecule has 0 radical (unpaired) electrons. The molecule has 0 fully saturated rings. The molecule has 0 aliphatic heterocycles. The molecule has 0 aliphatic rings. The van der Waals surface area contributed by atoms with Gasteiger partial charge in [0, 0.05) is 17.1 Å². The Morgan fingerprint density at radius 2 is 0.725 bits per heavy atom. The average molecular weight is 516 g/mol. The van der Waals surface area contributed by atoms with Gasteiger partial charge in [-0.2, -0.15) is 0 Å². The topological polar surface area (TPSA) is 3.24 Å². The molecular weight excluding hydrogens is 482 g/mol. The maximum atomic E-state index is 2.32. The summed E-state index contributed by atoms with van der Waals surface area (Å²) in [6, 6.07) is 46.7. The van der Waals surface area contributed by atoms with Gasteiger partial charge in [-0.05, 0) is 65.1 Å². The summed E-state index contributed by atoms with van der Waals surface area (Å²) in [6.45, 7) is 2.16. The molecular formula is C39H33N. The first kappa shape index (κ1) is 26.5. The number of para-hydroxylation sites is 1. The Bertz CT molecular complexity index is 1500. The SMILES string of the molecule is Cc1ccccc1N(c1ccc(/C=C/C=C/c2ccccc2)cc1)c1ccc(/C=C/C=C/c2ccccc2)cc1. The molecule has 40 heavy (non-hydrogen) atoms. The van der Waals surface area contributed by atoms with Gasteiger partial charge in [-0.3, -0.25) is 0 Å². The Labute approximate surface area is 238 Å². The summed E-state index contributed by atoms with van der Waals surface area (Å²) in [5.74, 6) is 0. The van der Waals surface area contributed by atoms with Crippen LogP contribution in [0.2, 0.25) is 0 Å². The van der Waals surface area contributed by atoms with Gasteiger partial charge >= 0.3 is 0 Å². The van der Waals surface area contributed by atoms with Crippen molar-refractivity contribution in [1.82, 2.24) is 0 Å². The van der Waals surface area contributed by atoms with Crippen LogP contribution in [0.4, 0.5) is 17.1 Å². The van der Waals surface area contributed by atoms with E-state index >= 15 is 0 Å². The third-order valence-electron chi connectivity index (χ3n) is 6.63. The van der Waals surface area contributed by atoms with E-state index in [0.29, 0.717) is 0 Å². The van der Waals surface area contributed by atoms with Crippen LogP contribution < -0.4 is 4.90 Å². The van der Waals surface area contributed by atoms with Crippen molar-refractivity contribution in [3.05, 3.63) is 186 Å². The fourth-order valence-electron chi connectivity index (χ4n) is 4.51. The Morgan fingerprint density at radius 3 is 1.12 bits per heavy atom. The first-order chi connectivity index (χ1) is 19.8. The normalized spacial score (nSPS) is 11.7. The maximum absolute atomic E-state index is 2.32. The highest BCUT2D eigenvalue weighted by molar-refractivity contribution is 5.79. The molecule has 194 valence electrons. The van der Waals surface area contributed by atoms with Crippen LogP contribution in [0.3, 0.4) is 0 Å². The third-order valence-corrected chi connectivity index (χ3v) is 6.63. The monoisotopic (exact) mass is 515 g/mol. The minimum Gasteiger partial charge on any atom is -0.310 e. The van der Waals surface area contributed by atoms with Gasteiger partial charge in [0.25, 0.3) is 0 Å². The zero-order valence-electron chi connectivity index (χ0n) is 22.8. The average Bonchev–Trinajstić information content (AvgIpc) is 3.01. The molecule has 0 aliphatic carbocycles. The summed E-state index contributed by atoms with van der Waals surface area (Å²) in [7, 11) is 0. The van der Waals surface area contributed by atoms with Crippen LogP contribution in [0.25, 0.3) is 24.3 Å². The van der Waals surface area contributed by atoms with Crippen LogP contribution in [0.1, 0.15) is 27.8 Å². The van der Waals surface area contributed by atoms with E-state index in [0.717, 1.165) is 22.5 Å². The molecule has 0 bridgehead atoms. The van der Waals surface area contributed by atoms with E-state index in [1.165, 1.54) is 22.4 Å². The number of rotatable bonds is 9. The minimum absolute atomic E-state index is 1.13. The zero-order valence-corrected chi connectivity index (χ0v) is 22.8. The summed E-state index contributed by atoms with van der Waals surface area (Å²) in [5.41, 5.74) is 9.37. The van der Waals surface area contributed by atoms with Crippen LogP contribution in [0.15, 0.2) is 158 Å². The molecule has 0 saturated carbocycles. The Hall–Kier alpha value is -5.14. The first-order valence-corrected chi connectivity index (χ1v) is 13.6. The lowest BCUT2D eigenvalue weighted by molar-refractivity contribution is 1.25. The number of nitrogens with zero attached hydrogens (tertiary/aromatic N) is 1. The van der Waals surface area contributed by atoms with Gasteiger partial charge in [-0.15, -0.1) is 0 Å². The predicted molar refractivity (Wildman–Crippen MR) is 175 cm³/mol. The summed E-state index contributed by atoms with van der Waals surface area (Å²) in [6.07, 6.45) is 16.8. The van der Waals surface area contributed by atoms with Crippen molar-refractivity contribution in [3.8, 4) is 0 Å². The van der Waals surface area contributed by atoms with Crippen molar-refractivity contribution in [2.75, 3.05) is 4.90 Å². The standard InChI is InChI=1S/C39H33N/c1-32-14-8-13-23-39(32)40(37-28-24-35(25-29-37)21-11-9-19-33-15-4-2-5-16-33)38-30-26-36(27-31-38)22-12-10-20-34-17-6-3-7-18-34/h2-31H,1H3/b19-9+,20-10+,21-11+,22-12+. The third kappa shape index (κ3) is 7.24. The summed E-state index contributed by atoms with van der Waals surface area (Å²) >= 11 is 0. The molecule has 0 unspecified atom stereocenters. The number of hydrogen-bond donors (Lipinski definition) is 0. The fraction of sp³-hybridized carbons (Fsp3) is 0.0256. The molecule has 0 spiro atoms. The molecule has 1 heteroatoms. The van der Waals surface area contributed by atoms with Crippen molar-refractivity contribution in [2.24, 2.45) is 0 Å². The minimum atomic E-state index is 1.13. The molecule has 0 saturated heterocycles. The van der Waals surface area contributed by atoms with Crippen LogP contribution in [0.5, 0.6) is 0 Å². The van der Waals surface area contributed by atoms with Crippen molar-refractivity contribution in [3.63, 3.8) is 0 Å². The van der Waals surface area contributed by atoms with E-state index in [2.05, 4.69) is 182 Å². The molecule has 0 aromatic heterocycles. The Balaban J connectivity index is 1.34. The highest BCUT2D eigenvalue weighted by atomic mass is 15.1. The Kier molecular flexibility index (Phi) is 8.99. The second-order valence-corrected chi connectivity index (χ2v) is 9.56. The Morgan fingerprint density at radius 1 is 0.375 bits per heavy atom. The number of hydrogen-bond acceptors (Lipinski definition) is 1. The maximum Gasteiger partial charge on any atom is 0.0490 e. The van der Waals surface area contributed by atoms with Crippen molar-refractivity contribution in [1.29, 1.82) is 0 Å². The van der Waals surface area contributed by atoms with Gasteiger partial charge in [-0.1, -0.05) is 152 Å². The van der Waals surface area contributed by atoms with E-state index in [1.807, 2.05) is 12.1 Å². The first-order valence-electron chi connectivity index (χ1n) is 13.6. The van der Waals surface area contributed by atoms with E-state index in [-0.39, 0.29) is 0 Å². The number of allylic oxidation sites excluding steroid dienone is 4. The van der Waals surface area contributed by atoms with Crippen LogP contribution in [-0.4, -0.2) is 0 Å². The highest BCUT2D eigenvalue weighted by Crippen LogP contribution is 2.36. The van der Waals surface area contributed by atoms with Crippen molar-refractivity contribution in [2.45, 2.75) is 6.92 Å². The largest absolute Gasteiger partial charge is 0.310 e. The van der Waals surface area contributed by atoms with Gasteiger partial charge in [0.1, 0.15) is 0 Å². The molecule has 0 heterocycles. The second-order valence-electron chi connectivity index (χ2n) is 9.56. The van der Waals surface area contributed by atoms with Gasteiger partial charge < -0.3 is 4.90 Å². The molecule has 0 atom stereocenters. The van der Waals surface area contributed by atoms with E-state index in [1.54, 1.807) is 0 Å². The van der Waals surface area contributed by atoms with Crippen molar-refractivity contribution < 1.29 is 0 Å². The lowest BCUT2D eigenvalue weighted by atomic mass is 10.1. The van der Waals surface area contributed by atoms with Crippen LogP contribution in [0, 0.1) is 6.92 Å². The molecule has 1 nitrogen and oxygen atoms in total. The molecule has 5 aromatic rings. The lowest BCUT2D eigenvalue weighted by Crippen LogP contribution is -2.11. The van der Waals surface area contributed by atoms with Gasteiger partial charge in [-0.25, -0.2) is 0 Å². The number of aryl methyl sites for hydroxylation is 1. The van der Waals surface area contributed by atoms with E-state index in [9.17, 15) is 0 Å². The van der Waals surface area contributed by atoms with Gasteiger partial charge in [0.15, 0.2) is 0 Å². The van der Waals surface area contributed by atoms with Crippen LogP contribution >= 0.6 is 0 Å². The second kappa shape index (κ2) is 13.6. The van der Waals surface area contributed by atoms with Crippen LogP contribution in [-0.2, 0) is 0 Å². The number of anilines is 3. The predicted octanol–water partition coefficient (Wildman–Crippen LogP) is 10.9. The summed E-state index contributed by atoms with van der Waals surface area (Å²) in [5, 5.41) is 0. The zero-order chi connectivity index (χ0) is 27.4. The summed E-state index contributed by atoms with van der Waals surface area (Å²) < 4.78 is 0. The van der Waals surface area contributed by atoms with E-state index < -0.39 is 0 Å². The lowest BCUT2D eigenvalue weighted by Gasteiger charge is -2.27. The summed E-state index contributed by atoms with van der Waals surface area (Å²) in [4.78, 5) is 2.32. The molecule has 5 rings (SSSR count). The van der Waals surface area contributed by atoms with Gasteiger partial charge in [0.2, 0.25) is 0 Å².